The zero-order valence-electron chi connectivity index (χ0n) is 9.21. The van der Waals surface area contributed by atoms with Crippen LogP contribution in [0.5, 0.6) is 34.5 Å². The van der Waals surface area contributed by atoms with Crippen LogP contribution in [0, 0.1) is 0 Å². The maximum absolute atomic E-state index is 9.74. The Balaban J connectivity index is 2.18. The molecule has 0 unspecified atom stereocenters. The molecule has 0 amide bonds. The number of benzene rings is 2. The highest BCUT2D eigenvalue weighted by Crippen LogP contribution is 2.46. The Kier molecular flexibility index (Phi) is 2.04. The highest BCUT2D eigenvalue weighted by atomic mass is 16.5. The van der Waals surface area contributed by atoms with Crippen LogP contribution in [-0.4, -0.2) is 20.4 Å². The Bertz CT molecular complexity index is 593. The zero-order valence-corrected chi connectivity index (χ0v) is 9.21. The molecule has 92 valence electrons. The standard InChI is InChI=1S/C13H10O5/c14-6-1-10(16)8-5-9-11(17)2-7(15)4-13(9)18-12(8)3-6/h1-4,14-17H,5H2. The van der Waals surface area contributed by atoms with Crippen molar-refractivity contribution in [2.75, 3.05) is 0 Å². The van der Waals surface area contributed by atoms with Crippen molar-refractivity contribution in [3.63, 3.8) is 0 Å². The van der Waals surface area contributed by atoms with Gasteiger partial charge in [0.1, 0.15) is 34.5 Å². The van der Waals surface area contributed by atoms with Crippen molar-refractivity contribution in [1.29, 1.82) is 0 Å². The number of rotatable bonds is 0. The van der Waals surface area contributed by atoms with Crippen LogP contribution in [0.4, 0.5) is 0 Å². The van der Waals surface area contributed by atoms with E-state index >= 15 is 0 Å². The summed E-state index contributed by atoms with van der Waals surface area (Å²) in [4.78, 5) is 0. The molecular weight excluding hydrogens is 236 g/mol. The van der Waals surface area contributed by atoms with E-state index in [9.17, 15) is 20.4 Å². The van der Waals surface area contributed by atoms with Crippen molar-refractivity contribution >= 4 is 0 Å². The molecule has 1 aliphatic heterocycles. The van der Waals surface area contributed by atoms with E-state index in [-0.39, 0.29) is 29.4 Å². The Morgan fingerprint density at radius 3 is 1.61 bits per heavy atom. The summed E-state index contributed by atoms with van der Waals surface area (Å²) in [6, 6.07) is 5.17. The minimum atomic E-state index is -0.112. The fourth-order valence-electron chi connectivity index (χ4n) is 2.07. The van der Waals surface area contributed by atoms with Gasteiger partial charge < -0.3 is 25.2 Å². The Morgan fingerprint density at radius 2 is 1.17 bits per heavy atom. The van der Waals surface area contributed by atoms with Crippen LogP contribution in [-0.2, 0) is 6.42 Å². The molecule has 1 aliphatic rings. The van der Waals surface area contributed by atoms with Gasteiger partial charge in [0.05, 0.1) is 0 Å². The van der Waals surface area contributed by atoms with Crippen molar-refractivity contribution < 1.29 is 25.2 Å². The summed E-state index contributed by atoms with van der Waals surface area (Å²) in [7, 11) is 0. The summed E-state index contributed by atoms with van der Waals surface area (Å²) >= 11 is 0. The highest BCUT2D eigenvalue weighted by molar-refractivity contribution is 5.61. The van der Waals surface area contributed by atoms with Crippen LogP contribution in [0.15, 0.2) is 24.3 Å². The van der Waals surface area contributed by atoms with Crippen molar-refractivity contribution in [2.45, 2.75) is 6.42 Å². The lowest BCUT2D eigenvalue weighted by Crippen LogP contribution is -2.03. The molecule has 0 spiro atoms. The van der Waals surface area contributed by atoms with Gasteiger partial charge in [-0.1, -0.05) is 0 Å². The summed E-state index contributed by atoms with van der Waals surface area (Å²) in [6.45, 7) is 0. The highest BCUT2D eigenvalue weighted by Gasteiger charge is 2.24. The monoisotopic (exact) mass is 246 g/mol. The summed E-state index contributed by atoms with van der Waals surface area (Å²) in [5.74, 6) is 0.208. The molecular formula is C13H10O5. The van der Waals surface area contributed by atoms with E-state index in [1.807, 2.05) is 0 Å². The third kappa shape index (κ3) is 1.48. The van der Waals surface area contributed by atoms with Gasteiger partial charge in [0.25, 0.3) is 0 Å². The molecule has 4 N–H and O–H groups in total. The normalized spacial score (nSPS) is 12.4. The predicted octanol–water partition coefficient (Wildman–Crippen LogP) is 2.21. The SMILES string of the molecule is Oc1cc(O)c2c(c1)Oc1cc(O)cc(O)c1C2. The molecule has 0 fully saturated rings. The van der Waals surface area contributed by atoms with Gasteiger partial charge in [-0.2, -0.15) is 0 Å². The first-order valence-electron chi connectivity index (χ1n) is 5.32. The minimum Gasteiger partial charge on any atom is -0.508 e. The van der Waals surface area contributed by atoms with E-state index in [1.54, 1.807) is 0 Å². The van der Waals surface area contributed by atoms with Gasteiger partial charge in [-0.15, -0.1) is 0 Å². The number of aromatic hydroxyl groups is 4. The second-order valence-corrected chi connectivity index (χ2v) is 4.16. The first-order chi connectivity index (χ1) is 8.54. The summed E-state index contributed by atoms with van der Waals surface area (Å²) in [6.07, 6.45) is 0.267. The van der Waals surface area contributed by atoms with Crippen LogP contribution >= 0.6 is 0 Å². The molecule has 0 aliphatic carbocycles. The first kappa shape index (κ1) is 10.6. The Hall–Kier alpha value is -2.56. The van der Waals surface area contributed by atoms with Crippen molar-refractivity contribution in [3.05, 3.63) is 35.4 Å². The predicted molar refractivity (Wildman–Crippen MR) is 62.4 cm³/mol. The molecule has 2 aromatic carbocycles. The fourth-order valence-corrected chi connectivity index (χ4v) is 2.07. The van der Waals surface area contributed by atoms with Gasteiger partial charge >= 0.3 is 0 Å². The third-order valence-electron chi connectivity index (χ3n) is 2.91. The lowest BCUT2D eigenvalue weighted by atomic mass is 9.98. The van der Waals surface area contributed by atoms with E-state index in [2.05, 4.69) is 0 Å². The number of hydrogen-bond donors (Lipinski definition) is 4. The topological polar surface area (TPSA) is 90.2 Å². The maximum atomic E-state index is 9.74. The molecule has 5 heteroatoms. The molecule has 2 aromatic rings. The lowest BCUT2D eigenvalue weighted by Gasteiger charge is -2.22. The van der Waals surface area contributed by atoms with Crippen LogP contribution < -0.4 is 4.74 Å². The smallest absolute Gasteiger partial charge is 0.138 e. The number of phenols is 4. The Labute approximate surface area is 102 Å². The Morgan fingerprint density at radius 1 is 0.722 bits per heavy atom. The molecule has 5 nitrogen and oxygen atoms in total. The number of phenolic OH excluding ortho intramolecular Hbond substituents is 4. The molecule has 0 saturated heterocycles. The summed E-state index contributed by atoms with van der Waals surface area (Å²) < 4.78 is 5.46. The number of hydrogen-bond acceptors (Lipinski definition) is 5. The van der Waals surface area contributed by atoms with Crippen molar-refractivity contribution in [2.24, 2.45) is 0 Å². The van der Waals surface area contributed by atoms with E-state index in [0.717, 1.165) is 0 Å². The van der Waals surface area contributed by atoms with E-state index in [1.165, 1.54) is 24.3 Å². The minimum absolute atomic E-state index is 0.0943. The quantitative estimate of drug-likeness (QED) is 0.488. The summed E-state index contributed by atoms with van der Waals surface area (Å²) in [5, 5.41) is 38.2. The molecule has 1 heterocycles. The molecule has 0 atom stereocenters. The number of ether oxygens (including phenoxy) is 1. The molecule has 3 rings (SSSR count). The molecule has 0 saturated carbocycles. The van der Waals surface area contributed by atoms with Gasteiger partial charge in [0, 0.05) is 41.8 Å². The molecule has 0 radical (unpaired) electrons. The van der Waals surface area contributed by atoms with Crippen LogP contribution in [0.25, 0.3) is 0 Å². The number of fused-ring (bicyclic) bond motifs is 2. The van der Waals surface area contributed by atoms with Crippen molar-refractivity contribution in [1.82, 2.24) is 0 Å². The van der Waals surface area contributed by atoms with Crippen molar-refractivity contribution in [3.8, 4) is 34.5 Å². The average Bonchev–Trinajstić information content (AvgIpc) is 2.26. The second-order valence-electron chi connectivity index (χ2n) is 4.16. The van der Waals surface area contributed by atoms with Gasteiger partial charge in [-0.25, -0.2) is 0 Å². The average molecular weight is 246 g/mol. The van der Waals surface area contributed by atoms with Gasteiger partial charge in [0.15, 0.2) is 0 Å². The van der Waals surface area contributed by atoms with Gasteiger partial charge in [-0.05, 0) is 0 Å². The lowest BCUT2D eigenvalue weighted by molar-refractivity contribution is 0.399. The molecule has 18 heavy (non-hydrogen) atoms. The van der Waals surface area contributed by atoms with Gasteiger partial charge in [0.2, 0.25) is 0 Å². The van der Waals surface area contributed by atoms with Crippen LogP contribution in [0.2, 0.25) is 0 Å². The van der Waals surface area contributed by atoms with Crippen LogP contribution in [0.1, 0.15) is 11.1 Å². The first-order valence-corrected chi connectivity index (χ1v) is 5.32. The van der Waals surface area contributed by atoms with E-state index in [0.29, 0.717) is 22.6 Å². The second kappa shape index (κ2) is 3.46. The molecule has 0 aromatic heterocycles. The maximum Gasteiger partial charge on any atom is 0.138 e. The molecule has 0 bridgehead atoms. The van der Waals surface area contributed by atoms with E-state index < -0.39 is 0 Å². The largest absolute Gasteiger partial charge is 0.508 e. The fraction of sp³-hybridized carbons (Fsp3) is 0.0769. The summed E-state index contributed by atoms with van der Waals surface area (Å²) in [5.41, 5.74) is 0.975. The van der Waals surface area contributed by atoms with E-state index in [4.69, 9.17) is 4.74 Å². The zero-order chi connectivity index (χ0) is 12.9. The van der Waals surface area contributed by atoms with Gasteiger partial charge in [-0.3, -0.25) is 0 Å². The van der Waals surface area contributed by atoms with Crippen LogP contribution in [0.3, 0.4) is 0 Å². The third-order valence-corrected chi connectivity index (χ3v) is 2.91.